The molecule has 3 rings (SSSR count). The van der Waals surface area contributed by atoms with Gasteiger partial charge in [-0.1, -0.05) is 36.2 Å². The van der Waals surface area contributed by atoms with Crippen LogP contribution in [0.4, 0.5) is 13.2 Å². The molecule has 0 saturated heterocycles. The van der Waals surface area contributed by atoms with E-state index < -0.39 is 18.1 Å². The van der Waals surface area contributed by atoms with E-state index in [1.54, 1.807) is 4.57 Å². The van der Waals surface area contributed by atoms with Crippen LogP contribution in [0.15, 0.2) is 29.6 Å². The van der Waals surface area contributed by atoms with Crippen molar-refractivity contribution in [3.63, 3.8) is 0 Å². The summed E-state index contributed by atoms with van der Waals surface area (Å²) in [6, 6.07) is 7.47. The van der Waals surface area contributed by atoms with E-state index in [9.17, 15) is 18.0 Å². The molecule has 1 amide bonds. The molecule has 8 heteroatoms. The van der Waals surface area contributed by atoms with Crippen LogP contribution in [-0.4, -0.2) is 22.7 Å². The van der Waals surface area contributed by atoms with Gasteiger partial charge in [-0.25, -0.2) is 0 Å². The van der Waals surface area contributed by atoms with E-state index in [0.717, 1.165) is 16.8 Å². The monoisotopic (exact) mass is 414 g/mol. The van der Waals surface area contributed by atoms with Gasteiger partial charge >= 0.3 is 6.18 Å². The number of aryl methyl sites for hydroxylation is 1. The van der Waals surface area contributed by atoms with Crippen molar-refractivity contribution in [3.05, 3.63) is 39.2 Å². The number of hydrogen-bond acceptors (Lipinski definition) is 3. The molecule has 1 heterocycles. The first kappa shape index (κ1) is 20.1. The predicted octanol–water partition coefficient (Wildman–Crippen LogP) is 5.49. The van der Waals surface area contributed by atoms with E-state index >= 15 is 0 Å². The Labute approximate surface area is 165 Å². The third-order valence-corrected chi connectivity index (χ3v) is 6.21. The smallest absolute Gasteiger partial charge is 0.352 e. The van der Waals surface area contributed by atoms with Crippen LogP contribution in [0.5, 0.6) is 0 Å². The Morgan fingerprint density at radius 1 is 1.30 bits per heavy atom. The number of rotatable bonds is 4. The van der Waals surface area contributed by atoms with Gasteiger partial charge in [0.1, 0.15) is 6.54 Å². The number of nitrogens with one attached hydrogen (secondary N) is 1. The number of halogens is 3. The first-order valence-electron chi connectivity index (χ1n) is 8.85. The van der Waals surface area contributed by atoms with Crippen LogP contribution in [0.2, 0.25) is 0 Å². The molecule has 3 nitrogen and oxygen atoms in total. The lowest BCUT2D eigenvalue weighted by Crippen LogP contribution is -2.42. The Morgan fingerprint density at radius 2 is 2.00 bits per heavy atom. The Kier molecular flexibility index (Phi) is 6.05. The number of amides is 1. The van der Waals surface area contributed by atoms with Crippen LogP contribution in [-0.2, 0) is 11.3 Å². The molecule has 27 heavy (non-hydrogen) atoms. The van der Waals surface area contributed by atoms with E-state index in [1.165, 1.54) is 11.3 Å². The van der Waals surface area contributed by atoms with Crippen molar-refractivity contribution in [2.24, 2.45) is 5.92 Å². The predicted molar refractivity (Wildman–Crippen MR) is 103 cm³/mol. The maximum absolute atomic E-state index is 12.9. The highest BCUT2D eigenvalue weighted by Gasteiger charge is 2.42. The summed E-state index contributed by atoms with van der Waals surface area (Å²) in [6.07, 6.45) is -3.05. The summed E-state index contributed by atoms with van der Waals surface area (Å²) >= 11 is 6.71. The molecule has 2 atom stereocenters. The van der Waals surface area contributed by atoms with E-state index in [-0.39, 0.29) is 25.3 Å². The molecule has 2 aromatic rings. The highest BCUT2D eigenvalue weighted by Crippen LogP contribution is 2.37. The first-order valence-corrected chi connectivity index (χ1v) is 10.1. The third-order valence-electron chi connectivity index (χ3n) is 4.93. The second kappa shape index (κ2) is 8.14. The summed E-state index contributed by atoms with van der Waals surface area (Å²) in [6.45, 7) is 2.01. The standard InChI is InChI=1S/C19H21F3N2OS2/c1-12-5-7-13(8-6-12)16-11-27-18(26)24(16)10-17(25)23-15-4-2-3-14(9-15)19(20,21)22/h5-8,11,14-15H,2-4,9-10H2,1H3,(H,23,25). The van der Waals surface area contributed by atoms with E-state index in [1.807, 2.05) is 36.6 Å². The number of nitrogens with zero attached hydrogens (tertiary/aromatic N) is 1. The van der Waals surface area contributed by atoms with Gasteiger partial charge in [0.2, 0.25) is 5.91 Å². The Balaban J connectivity index is 1.69. The normalized spacial score (nSPS) is 20.4. The zero-order chi connectivity index (χ0) is 19.6. The number of carbonyl (C=O) groups excluding carboxylic acids is 1. The molecule has 2 unspecified atom stereocenters. The van der Waals surface area contributed by atoms with Crippen LogP contribution in [0.1, 0.15) is 31.2 Å². The molecule has 0 bridgehead atoms. The van der Waals surface area contributed by atoms with E-state index in [0.29, 0.717) is 16.8 Å². The van der Waals surface area contributed by atoms with Crippen LogP contribution < -0.4 is 5.32 Å². The van der Waals surface area contributed by atoms with Crippen molar-refractivity contribution in [3.8, 4) is 11.3 Å². The zero-order valence-corrected chi connectivity index (χ0v) is 16.5. The van der Waals surface area contributed by atoms with Crippen molar-refractivity contribution in [1.29, 1.82) is 0 Å². The van der Waals surface area contributed by atoms with Gasteiger partial charge < -0.3 is 9.88 Å². The van der Waals surface area contributed by atoms with Crippen molar-refractivity contribution >= 4 is 29.5 Å². The fourth-order valence-electron chi connectivity index (χ4n) is 3.46. The summed E-state index contributed by atoms with van der Waals surface area (Å²) in [5.41, 5.74) is 2.93. The Hall–Kier alpha value is -1.67. The minimum Gasteiger partial charge on any atom is -0.352 e. The topological polar surface area (TPSA) is 34.0 Å². The molecular weight excluding hydrogens is 393 g/mol. The number of alkyl halides is 3. The molecule has 1 saturated carbocycles. The lowest BCUT2D eigenvalue weighted by molar-refractivity contribution is -0.184. The van der Waals surface area contributed by atoms with Gasteiger partial charge in [-0.2, -0.15) is 13.2 Å². The molecule has 0 radical (unpaired) electrons. The number of benzene rings is 1. The molecular formula is C19H21F3N2OS2. The number of aromatic nitrogens is 1. The first-order chi connectivity index (χ1) is 12.7. The molecule has 146 valence electrons. The molecule has 1 aliphatic carbocycles. The van der Waals surface area contributed by atoms with Crippen LogP contribution in [0.25, 0.3) is 11.3 Å². The molecule has 1 aliphatic rings. The molecule has 1 fully saturated rings. The van der Waals surface area contributed by atoms with Gasteiger partial charge in [-0.15, -0.1) is 11.3 Å². The summed E-state index contributed by atoms with van der Waals surface area (Å²) < 4.78 is 41.2. The van der Waals surface area contributed by atoms with Gasteiger partial charge in [-0.05, 0) is 44.0 Å². The minimum atomic E-state index is -4.20. The maximum Gasteiger partial charge on any atom is 0.391 e. The molecule has 1 aromatic carbocycles. The summed E-state index contributed by atoms with van der Waals surface area (Å²) in [4.78, 5) is 12.5. The number of thiazole rings is 1. The summed E-state index contributed by atoms with van der Waals surface area (Å²) in [7, 11) is 0. The highest BCUT2D eigenvalue weighted by atomic mass is 32.1. The summed E-state index contributed by atoms with van der Waals surface area (Å²) in [5.74, 6) is -1.63. The summed E-state index contributed by atoms with van der Waals surface area (Å²) in [5, 5.41) is 4.68. The van der Waals surface area contributed by atoms with Gasteiger partial charge in [0, 0.05) is 11.4 Å². The van der Waals surface area contributed by atoms with Crippen molar-refractivity contribution in [2.45, 2.75) is 51.4 Å². The lowest BCUT2D eigenvalue weighted by Gasteiger charge is -2.31. The number of carbonyl (C=O) groups is 1. The zero-order valence-electron chi connectivity index (χ0n) is 14.9. The number of hydrogen-bond donors (Lipinski definition) is 1. The van der Waals surface area contributed by atoms with Gasteiger partial charge in [-0.3, -0.25) is 4.79 Å². The fourth-order valence-corrected chi connectivity index (χ4v) is 4.54. The van der Waals surface area contributed by atoms with Crippen LogP contribution in [0, 0.1) is 16.8 Å². The van der Waals surface area contributed by atoms with Crippen molar-refractivity contribution in [2.75, 3.05) is 0 Å². The second-order valence-corrected chi connectivity index (χ2v) is 8.51. The molecule has 0 aliphatic heterocycles. The Bertz CT molecular complexity index is 855. The quantitative estimate of drug-likeness (QED) is 0.671. The van der Waals surface area contributed by atoms with Gasteiger partial charge in [0.15, 0.2) is 3.95 Å². The SMILES string of the molecule is Cc1ccc(-c2csc(=S)n2CC(=O)NC2CCCC(C(F)(F)F)C2)cc1. The average molecular weight is 415 g/mol. The Morgan fingerprint density at radius 3 is 2.67 bits per heavy atom. The average Bonchev–Trinajstić information content (AvgIpc) is 2.96. The van der Waals surface area contributed by atoms with E-state index in [4.69, 9.17) is 12.2 Å². The van der Waals surface area contributed by atoms with Gasteiger partial charge in [0.25, 0.3) is 0 Å². The molecule has 1 N–H and O–H groups in total. The van der Waals surface area contributed by atoms with Gasteiger partial charge in [0.05, 0.1) is 11.6 Å². The van der Waals surface area contributed by atoms with Crippen LogP contribution >= 0.6 is 23.6 Å². The lowest BCUT2D eigenvalue weighted by atomic mass is 9.85. The van der Waals surface area contributed by atoms with Crippen molar-refractivity contribution < 1.29 is 18.0 Å². The largest absolute Gasteiger partial charge is 0.391 e. The highest BCUT2D eigenvalue weighted by molar-refractivity contribution is 7.73. The molecule has 0 spiro atoms. The maximum atomic E-state index is 12.9. The minimum absolute atomic E-state index is 0.0126. The van der Waals surface area contributed by atoms with E-state index in [2.05, 4.69) is 5.32 Å². The second-order valence-electron chi connectivity index (χ2n) is 7.01. The van der Waals surface area contributed by atoms with Crippen LogP contribution in [0.3, 0.4) is 0 Å². The fraction of sp³-hybridized carbons (Fsp3) is 0.474. The third kappa shape index (κ3) is 4.99. The van der Waals surface area contributed by atoms with Crippen molar-refractivity contribution in [1.82, 2.24) is 9.88 Å². The molecule has 1 aromatic heterocycles.